The number of benzene rings is 1. The van der Waals surface area contributed by atoms with E-state index in [0.717, 1.165) is 9.86 Å². The third kappa shape index (κ3) is 1.85. The minimum atomic E-state index is -0.138. The molecule has 0 saturated heterocycles. The van der Waals surface area contributed by atoms with Gasteiger partial charge in [0.05, 0.1) is 6.54 Å². The summed E-state index contributed by atoms with van der Waals surface area (Å²) in [5.41, 5.74) is -0.138. The summed E-state index contributed by atoms with van der Waals surface area (Å²) in [6.45, 7) is 0.0985. The summed E-state index contributed by atoms with van der Waals surface area (Å²) in [4.78, 5) is 22.2. The second-order valence-electron chi connectivity index (χ2n) is 3.17. The van der Waals surface area contributed by atoms with Crippen LogP contribution in [0.1, 0.15) is 0 Å². The normalized spacial score (nSPS) is 10.5. The highest BCUT2D eigenvalue weighted by atomic mass is 79.9. The first-order chi connectivity index (χ1) is 7.22. The largest absolute Gasteiger partial charge is 0.308 e. The summed E-state index contributed by atoms with van der Waals surface area (Å²) in [6, 6.07) is 7.34. The number of aldehydes is 1. The van der Waals surface area contributed by atoms with Crippen molar-refractivity contribution in [3.8, 4) is 0 Å². The molecule has 0 saturated carbocycles. The van der Waals surface area contributed by atoms with Crippen molar-refractivity contribution in [2.24, 2.45) is 0 Å². The Morgan fingerprint density at radius 2 is 2.13 bits per heavy atom. The van der Waals surface area contributed by atoms with Gasteiger partial charge in [-0.3, -0.25) is 4.79 Å². The van der Waals surface area contributed by atoms with Gasteiger partial charge in [0.25, 0.3) is 5.56 Å². The smallest absolute Gasteiger partial charge is 0.258 e. The Bertz CT molecular complexity index is 574. The van der Waals surface area contributed by atoms with Gasteiger partial charge in [0, 0.05) is 16.1 Å². The molecule has 15 heavy (non-hydrogen) atoms. The van der Waals surface area contributed by atoms with Crippen LogP contribution in [-0.4, -0.2) is 10.9 Å². The molecule has 0 radical (unpaired) electrons. The quantitative estimate of drug-likeness (QED) is 0.779. The third-order valence-corrected chi connectivity index (χ3v) is 2.71. The van der Waals surface area contributed by atoms with Gasteiger partial charge in [-0.25, -0.2) is 0 Å². The summed E-state index contributed by atoms with van der Waals surface area (Å²) in [5, 5.41) is 1.50. The van der Waals surface area contributed by atoms with E-state index in [-0.39, 0.29) is 12.1 Å². The second-order valence-corrected chi connectivity index (χ2v) is 4.09. The molecule has 2 rings (SSSR count). The molecule has 0 aliphatic rings. The Kier molecular flexibility index (Phi) is 2.68. The van der Waals surface area contributed by atoms with E-state index in [1.54, 1.807) is 12.3 Å². The minimum absolute atomic E-state index is 0.0985. The fourth-order valence-electron chi connectivity index (χ4n) is 1.48. The Morgan fingerprint density at radius 1 is 1.33 bits per heavy atom. The number of carbonyl (C=O) groups is 1. The van der Waals surface area contributed by atoms with Gasteiger partial charge < -0.3 is 9.36 Å². The van der Waals surface area contributed by atoms with Crippen LogP contribution < -0.4 is 5.56 Å². The lowest BCUT2D eigenvalue weighted by Crippen LogP contribution is -2.19. The molecule has 4 heteroatoms. The molecule has 1 aromatic heterocycles. The van der Waals surface area contributed by atoms with Crippen molar-refractivity contribution in [3.63, 3.8) is 0 Å². The van der Waals surface area contributed by atoms with E-state index in [9.17, 15) is 9.59 Å². The number of carbonyl (C=O) groups excluding carboxylic acids is 1. The molecular formula is C11H8BrNO2. The summed E-state index contributed by atoms with van der Waals surface area (Å²) >= 11 is 3.31. The standard InChI is InChI=1S/C11H8BrNO2/c12-9-2-1-8-3-4-13(5-6-14)11(15)10(8)7-9/h1-4,6-7H,5H2. The van der Waals surface area contributed by atoms with Crippen LogP contribution in [0.4, 0.5) is 0 Å². The topological polar surface area (TPSA) is 39.1 Å². The van der Waals surface area contributed by atoms with Gasteiger partial charge in [-0.2, -0.15) is 0 Å². The van der Waals surface area contributed by atoms with Crippen LogP contribution in [0.25, 0.3) is 10.8 Å². The molecule has 0 aliphatic heterocycles. The molecule has 0 spiro atoms. The zero-order valence-corrected chi connectivity index (χ0v) is 9.40. The number of aromatic nitrogens is 1. The summed E-state index contributed by atoms with van der Waals surface area (Å²) in [7, 11) is 0. The predicted octanol–water partition coefficient (Wildman–Crippen LogP) is 1.96. The first-order valence-corrected chi connectivity index (χ1v) is 5.24. The average Bonchev–Trinajstić information content (AvgIpc) is 2.23. The molecule has 76 valence electrons. The van der Waals surface area contributed by atoms with Crippen molar-refractivity contribution in [1.29, 1.82) is 0 Å². The Morgan fingerprint density at radius 3 is 2.87 bits per heavy atom. The molecular weight excluding hydrogens is 258 g/mol. The fourth-order valence-corrected chi connectivity index (χ4v) is 1.84. The second kappa shape index (κ2) is 3.98. The Labute approximate surface area is 94.5 Å². The number of hydrogen-bond donors (Lipinski definition) is 0. The molecule has 3 nitrogen and oxygen atoms in total. The van der Waals surface area contributed by atoms with Crippen molar-refractivity contribution in [1.82, 2.24) is 4.57 Å². The summed E-state index contributed by atoms with van der Waals surface area (Å²) in [5.74, 6) is 0. The van der Waals surface area contributed by atoms with Crippen molar-refractivity contribution in [2.45, 2.75) is 6.54 Å². The summed E-state index contributed by atoms with van der Waals surface area (Å²) < 4.78 is 2.25. The van der Waals surface area contributed by atoms with Crippen molar-refractivity contribution >= 4 is 33.0 Å². The minimum Gasteiger partial charge on any atom is -0.308 e. The zero-order chi connectivity index (χ0) is 10.8. The lowest BCUT2D eigenvalue weighted by molar-refractivity contribution is -0.108. The van der Waals surface area contributed by atoms with E-state index >= 15 is 0 Å². The van der Waals surface area contributed by atoms with E-state index in [1.807, 2.05) is 18.2 Å². The predicted molar refractivity (Wildman–Crippen MR) is 62.0 cm³/mol. The molecule has 0 amide bonds. The number of halogens is 1. The number of fused-ring (bicyclic) bond motifs is 1. The van der Waals surface area contributed by atoms with Crippen LogP contribution in [0.15, 0.2) is 39.7 Å². The molecule has 0 aliphatic carbocycles. The van der Waals surface area contributed by atoms with Crippen LogP contribution >= 0.6 is 15.9 Å². The van der Waals surface area contributed by atoms with Crippen LogP contribution in [0, 0.1) is 0 Å². The van der Waals surface area contributed by atoms with Crippen LogP contribution in [0.2, 0.25) is 0 Å². The van der Waals surface area contributed by atoms with E-state index in [1.165, 1.54) is 4.57 Å². The average molecular weight is 266 g/mol. The lowest BCUT2D eigenvalue weighted by Gasteiger charge is -2.03. The van der Waals surface area contributed by atoms with Gasteiger partial charge in [0.15, 0.2) is 0 Å². The monoisotopic (exact) mass is 265 g/mol. The van der Waals surface area contributed by atoms with Crippen LogP contribution in [0.5, 0.6) is 0 Å². The molecule has 1 aromatic carbocycles. The lowest BCUT2D eigenvalue weighted by atomic mass is 10.2. The number of pyridine rings is 1. The van der Waals surface area contributed by atoms with E-state index in [0.29, 0.717) is 11.7 Å². The first kappa shape index (κ1) is 10.1. The van der Waals surface area contributed by atoms with Gasteiger partial charge in [0.1, 0.15) is 6.29 Å². The maximum absolute atomic E-state index is 11.9. The van der Waals surface area contributed by atoms with E-state index in [4.69, 9.17) is 0 Å². The van der Waals surface area contributed by atoms with E-state index in [2.05, 4.69) is 15.9 Å². The molecule has 0 bridgehead atoms. The van der Waals surface area contributed by atoms with Crippen molar-refractivity contribution < 1.29 is 4.79 Å². The first-order valence-electron chi connectivity index (χ1n) is 4.45. The molecule has 0 N–H and O–H groups in total. The number of rotatable bonds is 2. The molecule has 0 atom stereocenters. The number of nitrogens with zero attached hydrogens (tertiary/aromatic N) is 1. The van der Waals surface area contributed by atoms with Crippen molar-refractivity contribution in [2.75, 3.05) is 0 Å². The maximum atomic E-state index is 11.9. The van der Waals surface area contributed by atoms with Crippen molar-refractivity contribution in [3.05, 3.63) is 45.3 Å². The van der Waals surface area contributed by atoms with Gasteiger partial charge in [-0.05, 0) is 23.6 Å². The zero-order valence-electron chi connectivity index (χ0n) is 7.81. The van der Waals surface area contributed by atoms with Gasteiger partial charge in [-0.15, -0.1) is 0 Å². The van der Waals surface area contributed by atoms with Gasteiger partial charge in [0.2, 0.25) is 0 Å². The van der Waals surface area contributed by atoms with Gasteiger partial charge >= 0.3 is 0 Å². The van der Waals surface area contributed by atoms with Crippen LogP contribution in [0.3, 0.4) is 0 Å². The SMILES string of the molecule is O=CCn1ccc2ccc(Br)cc2c1=O. The molecule has 1 heterocycles. The highest BCUT2D eigenvalue weighted by molar-refractivity contribution is 9.10. The fraction of sp³-hybridized carbons (Fsp3) is 0.0909. The molecule has 0 unspecified atom stereocenters. The highest BCUT2D eigenvalue weighted by Gasteiger charge is 2.02. The van der Waals surface area contributed by atoms with Gasteiger partial charge in [-0.1, -0.05) is 22.0 Å². The molecule has 2 aromatic rings. The Hall–Kier alpha value is -1.42. The third-order valence-electron chi connectivity index (χ3n) is 2.21. The maximum Gasteiger partial charge on any atom is 0.258 e. The highest BCUT2D eigenvalue weighted by Crippen LogP contribution is 2.16. The van der Waals surface area contributed by atoms with Crippen LogP contribution in [-0.2, 0) is 11.3 Å². The molecule has 0 fully saturated rings. The number of hydrogen-bond acceptors (Lipinski definition) is 2. The van der Waals surface area contributed by atoms with E-state index < -0.39 is 0 Å². The summed E-state index contributed by atoms with van der Waals surface area (Å²) in [6.07, 6.45) is 2.35. The Balaban J connectivity index is 2.76.